The highest BCUT2D eigenvalue weighted by atomic mass is 79.9. The van der Waals surface area contributed by atoms with Gasteiger partial charge in [-0.15, -0.1) is 5.10 Å². The number of aryl methyl sites for hydroxylation is 1. The minimum atomic E-state index is -3.78. The van der Waals surface area contributed by atoms with Gasteiger partial charge in [0.25, 0.3) is 10.0 Å². The summed E-state index contributed by atoms with van der Waals surface area (Å²) >= 11 is 3.03. The topological polar surface area (TPSA) is 114 Å². The Bertz CT molecular complexity index is 751. The van der Waals surface area contributed by atoms with Crippen molar-refractivity contribution in [3.8, 4) is 0 Å². The Balaban J connectivity index is 2.14. The molecular formula is C11H11BrN4O4S. The molecule has 0 aliphatic carbocycles. The molecule has 1 aromatic heterocycles. The van der Waals surface area contributed by atoms with Crippen molar-refractivity contribution in [1.82, 2.24) is 19.7 Å². The second kappa shape index (κ2) is 5.92. The number of carboxylic acids is 1. The fourth-order valence-corrected chi connectivity index (χ4v) is 3.73. The summed E-state index contributed by atoms with van der Waals surface area (Å²) in [5.41, 5.74) is 0.773. The summed E-state index contributed by atoms with van der Waals surface area (Å²) in [4.78, 5) is 10.7. The number of nitrogens with one attached hydrogen (secondary N) is 1. The standard InChI is InChI=1S/C11H11BrN4O4S/c1-16-10(9(12)14-15-16)21(19,20)13-6-7-2-4-8(5-3-7)11(17)18/h2-5,13H,6H2,1H3,(H,17,18). The first kappa shape index (κ1) is 15.6. The van der Waals surface area contributed by atoms with Crippen LogP contribution in [0.3, 0.4) is 0 Å². The third-order valence-electron chi connectivity index (χ3n) is 2.66. The van der Waals surface area contributed by atoms with Crippen LogP contribution in [0.1, 0.15) is 15.9 Å². The molecule has 1 aromatic carbocycles. The van der Waals surface area contributed by atoms with Gasteiger partial charge in [0.2, 0.25) is 5.03 Å². The van der Waals surface area contributed by atoms with Crippen LogP contribution >= 0.6 is 15.9 Å². The molecule has 1 heterocycles. The highest BCUT2D eigenvalue weighted by Crippen LogP contribution is 2.17. The molecule has 2 aromatic rings. The van der Waals surface area contributed by atoms with Crippen molar-refractivity contribution >= 4 is 31.9 Å². The molecule has 8 nitrogen and oxygen atoms in total. The summed E-state index contributed by atoms with van der Waals surface area (Å²) in [5.74, 6) is -1.04. The smallest absolute Gasteiger partial charge is 0.335 e. The molecular weight excluding hydrogens is 364 g/mol. The number of nitrogens with zero attached hydrogens (tertiary/aromatic N) is 3. The summed E-state index contributed by atoms with van der Waals surface area (Å²) in [5, 5.41) is 15.9. The number of aromatic carboxylic acids is 1. The van der Waals surface area contributed by atoms with Gasteiger partial charge in [-0.05, 0) is 33.6 Å². The van der Waals surface area contributed by atoms with Crippen LogP contribution in [0.25, 0.3) is 0 Å². The maximum absolute atomic E-state index is 12.1. The van der Waals surface area contributed by atoms with E-state index in [1.165, 1.54) is 19.2 Å². The third-order valence-corrected chi connectivity index (χ3v) is 4.95. The van der Waals surface area contributed by atoms with Crippen LogP contribution in [0.2, 0.25) is 0 Å². The number of hydrogen-bond donors (Lipinski definition) is 2. The molecule has 0 bridgehead atoms. The van der Waals surface area contributed by atoms with Gasteiger partial charge in [0.1, 0.15) is 0 Å². The molecule has 0 amide bonds. The second-order valence-corrected chi connectivity index (χ2v) is 6.57. The minimum absolute atomic E-state index is 0.0276. The molecule has 0 saturated carbocycles. The van der Waals surface area contributed by atoms with Gasteiger partial charge in [0, 0.05) is 13.6 Å². The Morgan fingerprint density at radius 2 is 2.00 bits per heavy atom. The van der Waals surface area contributed by atoms with Crippen molar-refractivity contribution in [3.63, 3.8) is 0 Å². The summed E-state index contributed by atoms with van der Waals surface area (Å²) in [6, 6.07) is 5.91. The quantitative estimate of drug-likeness (QED) is 0.797. The molecule has 10 heteroatoms. The van der Waals surface area contributed by atoms with E-state index in [0.717, 1.165) is 4.68 Å². The lowest BCUT2D eigenvalue weighted by Gasteiger charge is -2.07. The number of aromatic nitrogens is 3. The van der Waals surface area contributed by atoms with Crippen LogP contribution in [-0.4, -0.2) is 34.5 Å². The first-order chi connectivity index (χ1) is 9.81. The monoisotopic (exact) mass is 374 g/mol. The average Bonchev–Trinajstić information content (AvgIpc) is 2.77. The molecule has 2 rings (SSSR count). The van der Waals surface area contributed by atoms with Gasteiger partial charge in [-0.1, -0.05) is 17.3 Å². The lowest BCUT2D eigenvalue weighted by Crippen LogP contribution is -2.25. The van der Waals surface area contributed by atoms with Crippen LogP contribution < -0.4 is 4.72 Å². The lowest BCUT2D eigenvalue weighted by molar-refractivity contribution is 0.0697. The number of hydrogen-bond acceptors (Lipinski definition) is 5. The second-order valence-electron chi connectivity index (χ2n) is 4.14. The highest BCUT2D eigenvalue weighted by Gasteiger charge is 2.23. The summed E-state index contributed by atoms with van der Waals surface area (Å²) in [6.07, 6.45) is 0. The minimum Gasteiger partial charge on any atom is -0.478 e. The van der Waals surface area contributed by atoms with Gasteiger partial charge >= 0.3 is 5.97 Å². The van der Waals surface area contributed by atoms with Gasteiger partial charge in [-0.2, -0.15) is 0 Å². The van der Waals surface area contributed by atoms with E-state index in [0.29, 0.717) is 5.56 Å². The molecule has 0 atom stereocenters. The maximum Gasteiger partial charge on any atom is 0.335 e. The van der Waals surface area contributed by atoms with Gasteiger partial charge in [-0.25, -0.2) is 22.6 Å². The Kier molecular flexibility index (Phi) is 4.40. The molecule has 0 aliphatic rings. The largest absolute Gasteiger partial charge is 0.478 e. The molecule has 0 radical (unpaired) electrons. The summed E-state index contributed by atoms with van der Waals surface area (Å²) < 4.78 is 28.0. The average molecular weight is 375 g/mol. The number of benzene rings is 1. The van der Waals surface area contributed by atoms with Crippen molar-refractivity contribution < 1.29 is 18.3 Å². The van der Waals surface area contributed by atoms with Gasteiger partial charge in [0.15, 0.2) is 4.60 Å². The predicted molar refractivity (Wildman–Crippen MR) is 76.1 cm³/mol. The van der Waals surface area contributed by atoms with E-state index < -0.39 is 16.0 Å². The molecule has 0 aliphatic heterocycles. The number of sulfonamides is 1. The predicted octanol–water partition coefficient (Wildman–Crippen LogP) is 0.754. The van der Waals surface area contributed by atoms with Crippen molar-refractivity contribution in [2.24, 2.45) is 7.05 Å². The zero-order valence-corrected chi connectivity index (χ0v) is 13.2. The van der Waals surface area contributed by atoms with Gasteiger partial charge in [-0.3, -0.25) is 0 Å². The molecule has 0 spiro atoms. The van der Waals surface area contributed by atoms with Crippen LogP contribution in [0.5, 0.6) is 0 Å². The van der Waals surface area contributed by atoms with E-state index in [-0.39, 0.29) is 21.7 Å². The van der Waals surface area contributed by atoms with Crippen LogP contribution in [-0.2, 0) is 23.6 Å². The van der Waals surface area contributed by atoms with Crippen LogP contribution in [0.4, 0.5) is 0 Å². The zero-order valence-electron chi connectivity index (χ0n) is 10.8. The van der Waals surface area contributed by atoms with E-state index >= 15 is 0 Å². The maximum atomic E-state index is 12.1. The zero-order chi connectivity index (χ0) is 15.6. The van der Waals surface area contributed by atoms with E-state index in [1.807, 2.05) is 0 Å². The lowest BCUT2D eigenvalue weighted by atomic mass is 10.1. The Morgan fingerprint density at radius 1 is 1.38 bits per heavy atom. The molecule has 0 fully saturated rings. The number of carboxylic acid groups (broad SMARTS) is 1. The van der Waals surface area contributed by atoms with E-state index in [9.17, 15) is 13.2 Å². The van der Waals surface area contributed by atoms with Crippen molar-refractivity contribution in [2.45, 2.75) is 11.6 Å². The van der Waals surface area contributed by atoms with Crippen molar-refractivity contribution in [3.05, 3.63) is 40.0 Å². The van der Waals surface area contributed by atoms with E-state index in [1.54, 1.807) is 12.1 Å². The highest BCUT2D eigenvalue weighted by molar-refractivity contribution is 9.10. The number of rotatable bonds is 5. The Labute approximate surface area is 129 Å². The molecule has 21 heavy (non-hydrogen) atoms. The van der Waals surface area contributed by atoms with Crippen molar-refractivity contribution in [2.75, 3.05) is 0 Å². The van der Waals surface area contributed by atoms with Crippen molar-refractivity contribution in [1.29, 1.82) is 0 Å². The fourth-order valence-electron chi connectivity index (χ4n) is 1.62. The van der Waals surface area contributed by atoms with E-state index in [2.05, 4.69) is 31.0 Å². The molecule has 112 valence electrons. The van der Waals surface area contributed by atoms with Gasteiger partial charge in [0.05, 0.1) is 5.56 Å². The SMILES string of the molecule is Cn1nnc(Br)c1S(=O)(=O)NCc1ccc(C(=O)O)cc1. The number of carbonyl (C=O) groups is 1. The number of halogens is 1. The summed E-state index contributed by atoms with van der Waals surface area (Å²) in [6.45, 7) is 0.0276. The first-order valence-electron chi connectivity index (χ1n) is 5.68. The normalized spacial score (nSPS) is 11.5. The molecule has 0 saturated heterocycles. The Morgan fingerprint density at radius 3 is 2.48 bits per heavy atom. The molecule has 0 unspecified atom stereocenters. The van der Waals surface area contributed by atoms with E-state index in [4.69, 9.17) is 5.11 Å². The van der Waals surface area contributed by atoms with Crippen LogP contribution in [0.15, 0.2) is 33.9 Å². The van der Waals surface area contributed by atoms with Crippen LogP contribution in [0, 0.1) is 0 Å². The summed E-state index contributed by atoms with van der Waals surface area (Å²) in [7, 11) is -2.31. The third kappa shape index (κ3) is 3.46. The Hall–Kier alpha value is -1.78. The molecule has 2 N–H and O–H groups in total. The first-order valence-corrected chi connectivity index (χ1v) is 7.96. The van der Waals surface area contributed by atoms with Gasteiger partial charge < -0.3 is 5.11 Å². The fraction of sp³-hybridized carbons (Fsp3) is 0.182.